The highest BCUT2D eigenvalue weighted by atomic mass is 16.1. The second-order valence-electron chi connectivity index (χ2n) is 5.06. The molecule has 1 saturated heterocycles. The number of nitrogens with one attached hydrogen (secondary N) is 1. The van der Waals surface area contributed by atoms with Crippen molar-refractivity contribution in [2.24, 2.45) is 0 Å². The van der Waals surface area contributed by atoms with Crippen molar-refractivity contribution < 1.29 is 0 Å². The minimum Gasteiger partial charge on any atom is -0.354 e. The van der Waals surface area contributed by atoms with E-state index >= 15 is 0 Å². The van der Waals surface area contributed by atoms with Crippen LogP contribution in [0.15, 0.2) is 23.0 Å². The smallest absolute Gasteiger partial charge is 0.260 e. The van der Waals surface area contributed by atoms with Gasteiger partial charge in [0.25, 0.3) is 5.56 Å². The number of fused-ring (bicyclic) bond motifs is 1. The maximum Gasteiger partial charge on any atom is 0.260 e. The molecule has 0 saturated carbocycles. The van der Waals surface area contributed by atoms with E-state index in [1.165, 1.54) is 0 Å². The maximum atomic E-state index is 12.3. The van der Waals surface area contributed by atoms with E-state index in [4.69, 9.17) is 0 Å². The van der Waals surface area contributed by atoms with E-state index in [1.807, 2.05) is 26.0 Å². The highest BCUT2D eigenvalue weighted by Crippen LogP contribution is 2.13. The van der Waals surface area contributed by atoms with Crippen LogP contribution >= 0.6 is 0 Å². The van der Waals surface area contributed by atoms with Crippen LogP contribution in [-0.4, -0.2) is 35.6 Å². The Morgan fingerprint density at radius 1 is 1.16 bits per heavy atom. The second kappa shape index (κ2) is 4.66. The number of nitrogens with zero attached hydrogens (tertiary/aromatic N) is 3. The average Bonchev–Trinajstić information content (AvgIpc) is 2.38. The molecule has 5 nitrogen and oxygen atoms in total. The molecule has 19 heavy (non-hydrogen) atoms. The van der Waals surface area contributed by atoms with Crippen LogP contribution in [0.4, 0.5) is 5.82 Å². The SMILES string of the molecule is Cc1cc(C)n2c(=O)cc(N3CCNCC3)nc2c1. The molecule has 1 N–H and O–H groups in total. The Balaban J connectivity index is 2.15. The summed E-state index contributed by atoms with van der Waals surface area (Å²) in [6, 6.07) is 5.60. The van der Waals surface area contributed by atoms with Crippen LogP contribution in [-0.2, 0) is 0 Å². The lowest BCUT2D eigenvalue weighted by Crippen LogP contribution is -2.44. The fraction of sp³-hybridized carbons (Fsp3) is 0.429. The molecule has 0 amide bonds. The van der Waals surface area contributed by atoms with Gasteiger partial charge in [-0.3, -0.25) is 9.20 Å². The quantitative estimate of drug-likeness (QED) is 0.819. The molecule has 0 unspecified atom stereocenters. The van der Waals surface area contributed by atoms with Gasteiger partial charge >= 0.3 is 0 Å². The van der Waals surface area contributed by atoms with Crippen molar-refractivity contribution in [1.82, 2.24) is 14.7 Å². The van der Waals surface area contributed by atoms with Gasteiger partial charge in [-0.25, -0.2) is 4.98 Å². The first kappa shape index (κ1) is 12.2. The minimum atomic E-state index is -0.00367. The first-order valence-electron chi connectivity index (χ1n) is 6.62. The summed E-state index contributed by atoms with van der Waals surface area (Å²) in [4.78, 5) is 19.1. The number of piperazine rings is 1. The topological polar surface area (TPSA) is 49.6 Å². The molecule has 5 heteroatoms. The zero-order valence-corrected chi connectivity index (χ0v) is 11.3. The third-order valence-corrected chi connectivity index (χ3v) is 3.52. The molecular weight excluding hydrogens is 240 g/mol. The molecular formula is C14H18N4O. The first-order valence-corrected chi connectivity index (χ1v) is 6.62. The fourth-order valence-electron chi connectivity index (χ4n) is 2.63. The van der Waals surface area contributed by atoms with Crippen LogP contribution in [0.3, 0.4) is 0 Å². The van der Waals surface area contributed by atoms with Gasteiger partial charge in [0.15, 0.2) is 0 Å². The van der Waals surface area contributed by atoms with E-state index < -0.39 is 0 Å². The van der Waals surface area contributed by atoms with Gasteiger partial charge in [0.05, 0.1) is 0 Å². The Morgan fingerprint density at radius 3 is 2.63 bits per heavy atom. The van der Waals surface area contributed by atoms with Gasteiger partial charge in [-0.2, -0.15) is 0 Å². The van der Waals surface area contributed by atoms with Gasteiger partial charge in [-0.15, -0.1) is 0 Å². The summed E-state index contributed by atoms with van der Waals surface area (Å²) < 4.78 is 1.67. The third kappa shape index (κ3) is 2.21. The largest absolute Gasteiger partial charge is 0.354 e. The molecule has 1 aliphatic heterocycles. The summed E-state index contributed by atoms with van der Waals surface area (Å²) in [5.74, 6) is 0.788. The number of hydrogen-bond acceptors (Lipinski definition) is 4. The van der Waals surface area contributed by atoms with Gasteiger partial charge in [-0.05, 0) is 31.5 Å². The summed E-state index contributed by atoms with van der Waals surface area (Å²) in [7, 11) is 0. The number of anilines is 1. The number of rotatable bonds is 1. The number of aromatic nitrogens is 2. The van der Waals surface area contributed by atoms with Gasteiger partial charge in [-0.1, -0.05) is 0 Å². The lowest BCUT2D eigenvalue weighted by atomic mass is 10.2. The van der Waals surface area contributed by atoms with Crippen LogP contribution in [0.5, 0.6) is 0 Å². The molecule has 3 heterocycles. The summed E-state index contributed by atoms with van der Waals surface area (Å²) in [6.07, 6.45) is 0. The predicted molar refractivity (Wildman–Crippen MR) is 76.0 cm³/mol. The zero-order valence-electron chi connectivity index (χ0n) is 11.3. The van der Waals surface area contributed by atoms with Crippen molar-refractivity contribution in [1.29, 1.82) is 0 Å². The van der Waals surface area contributed by atoms with Gasteiger partial charge in [0.1, 0.15) is 11.5 Å². The molecule has 3 rings (SSSR count). The van der Waals surface area contributed by atoms with E-state index in [0.29, 0.717) is 0 Å². The van der Waals surface area contributed by atoms with Crippen molar-refractivity contribution in [3.8, 4) is 0 Å². The molecule has 2 aromatic heterocycles. The van der Waals surface area contributed by atoms with Crippen molar-refractivity contribution in [2.75, 3.05) is 31.1 Å². The van der Waals surface area contributed by atoms with Crippen LogP contribution in [0.1, 0.15) is 11.3 Å². The fourth-order valence-corrected chi connectivity index (χ4v) is 2.63. The van der Waals surface area contributed by atoms with Crippen LogP contribution in [0.25, 0.3) is 5.65 Å². The number of pyridine rings is 1. The molecule has 1 fully saturated rings. The van der Waals surface area contributed by atoms with Gasteiger partial charge < -0.3 is 10.2 Å². The molecule has 0 spiro atoms. The molecule has 0 aliphatic carbocycles. The lowest BCUT2D eigenvalue weighted by Gasteiger charge is -2.28. The van der Waals surface area contributed by atoms with E-state index in [2.05, 4.69) is 15.2 Å². The highest BCUT2D eigenvalue weighted by Gasteiger charge is 2.14. The predicted octanol–water partition coefficient (Wildman–Crippen LogP) is 0.721. The molecule has 0 radical (unpaired) electrons. The monoisotopic (exact) mass is 258 g/mol. The van der Waals surface area contributed by atoms with Gasteiger partial charge in [0, 0.05) is 37.9 Å². The van der Waals surface area contributed by atoms with Crippen LogP contribution in [0.2, 0.25) is 0 Å². The Morgan fingerprint density at radius 2 is 1.89 bits per heavy atom. The number of aryl methyl sites for hydroxylation is 2. The molecule has 0 atom stereocenters. The Hall–Kier alpha value is -1.88. The van der Waals surface area contributed by atoms with Crippen molar-refractivity contribution in [3.63, 3.8) is 0 Å². The summed E-state index contributed by atoms with van der Waals surface area (Å²) >= 11 is 0. The molecule has 1 aliphatic rings. The Kier molecular flexibility index (Phi) is 2.98. The lowest BCUT2D eigenvalue weighted by molar-refractivity contribution is 0.584. The molecule has 0 bridgehead atoms. The molecule has 2 aromatic rings. The Labute approximate surface area is 111 Å². The minimum absolute atomic E-state index is 0.00367. The third-order valence-electron chi connectivity index (χ3n) is 3.52. The van der Waals surface area contributed by atoms with E-state index in [9.17, 15) is 4.79 Å². The van der Waals surface area contributed by atoms with E-state index in [1.54, 1.807) is 10.5 Å². The first-order chi connectivity index (χ1) is 9.15. The van der Waals surface area contributed by atoms with Gasteiger partial charge in [0.2, 0.25) is 0 Å². The zero-order chi connectivity index (χ0) is 13.4. The Bertz CT molecular complexity index is 671. The normalized spacial score (nSPS) is 16.0. The maximum absolute atomic E-state index is 12.3. The molecule has 0 aromatic carbocycles. The number of hydrogen-bond donors (Lipinski definition) is 1. The standard InChI is InChI=1S/C14H18N4O/c1-10-7-11(2)18-13(8-10)16-12(9-14(18)19)17-5-3-15-4-6-17/h7-9,15H,3-6H2,1-2H3. The van der Waals surface area contributed by atoms with Crippen molar-refractivity contribution >= 4 is 11.5 Å². The summed E-state index contributed by atoms with van der Waals surface area (Å²) in [6.45, 7) is 7.63. The van der Waals surface area contributed by atoms with Crippen molar-refractivity contribution in [3.05, 3.63) is 39.8 Å². The second-order valence-corrected chi connectivity index (χ2v) is 5.06. The average molecular weight is 258 g/mol. The van der Waals surface area contributed by atoms with Crippen LogP contribution < -0.4 is 15.8 Å². The summed E-state index contributed by atoms with van der Waals surface area (Å²) in [5, 5.41) is 3.30. The molecule has 100 valence electrons. The van der Waals surface area contributed by atoms with E-state index in [-0.39, 0.29) is 5.56 Å². The van der Waals surface area contributed by atoms with E-state index in [0.717, 1.165) is 48.9 Å². The summed E-state index contributed by atoms with van der Waals surface area (Å²) in [5.41, 5.74) is 2.79. The highest BCUT2D eigenvalue weighted by molar-refractivity contribution is 5.50. The van der Waals surface area contributed by atoms with Crippen molar-refractivity contribution in [2.45, 2.75) is 13.8 Å². The van der Waals surface area contributed by atoms with Crippen LogP contribution in [0, 0.1) is 13.8 Å².